The predicted molar refractivity (Wildman–Crippen MR) is 43.0 cm³/mol. The van der Waals surface area contributed by atoms with Crippen molar-refractivity contribution in [2.24, 2.45) is 22.9 Å². The Morgan fingerprint density at radius 3 is 2.40 bits per heavy atom. The molecule has 0 aromatic heterocycles. The Labute approximate surface area is 61.2 Å². The first-order valence-electron chi connectivity index (χ1n) is 3.32. The van der Waals surface area contributed by atoms with Gasteiger partial charge in [-0.25, -0.2) is 0 Å². The van der Waals surface area contributed by atoms with E-state index in [1.165, 1.54) is 0 Å². The average Bonchev–Trinajstić information content (AvgIpc) is 1.88. The van der Waals surface area contributed by atoms with Crippen LogP contribution in [0.5, 0.6) is 0 Å². The highest BCUT2D eigenvalue weighted by molar-refractivity contribution is 5.02. The minimum Gasteiger partial charge on any atom is -0.402 e. The molecule has 60 valence electrons. The standard InChI is InChI=1S/C6H16N4/c7-2-1-5(9)3-6(10)4-8/h3,6H,1-2,4,7-10H2. The molecule has 0 aromatic rings. The monoisotopic (exact) mass is 144 g/mol. The van der Waals surface area contributed by atoms with E-state index in [4.69, 9.17) is 22.9 Å². The zero-order chi connectivity index (χ0) is 7.98. The van der Waals surface area contributed by atoms with Crippen molar-refractivity contribution in [3.8, 4) is 0 Å². The van der Waals surface area contributed by atoms with Crippen molar-refractivity contribution in [1.29, 1.82) is 0 Å². The largest absolute Gasteiger partial charge is 0.402 e. The van der Waals surface area contributed by atoms with E-state index >= 15 is 0 Å². The third-order valence-corrected chi connectivity index (χ3v) is 1.13. The quantitative estimate of drug-likeness (QED) is 0.384. The zero-order valence-electron chi connectivity index (χ0n) is 6.09. The van der Waals surface area contributed by atoms with Gasteiger partial charge in [-0.3, -0.25) is 0 Å². The Morgan fingerprint density at radius 1 is 1.40 bits per heavy atom. The van der Waals surface area contributed by atoms with Crippen LogP contribution < -0.4 is 22.9 Å². The van der Waals surface area contributed by atoms with E-state index in [0.717, 1.165) is 5.70 Å². The second kappa shape index (κ2) is 5.22. The van der Waals surface area contributed by atoms with Crippen molar-refractivity contribution in [3.63, 3.8) is 0 Å². The molecule has 0 rings (SSSR count). The molecule has 0 saturated heterocycles. The van der Waals surface area contributed by atoms with Gasteiger partial charge in [0.2, 0.25) is 0 Å². The lowest BCUT2D eigenvalue weighted by Gasteiger charge is -2.03. The minimum absolute atomic E-state index is 0.133. The van der Waals surface area contributed by atoms with Crippen molar-refractivity contribution >= 4 is 0 Å². The minimum atomic E-state index is -0.133. The highest BCUT2D eigenvalue weighted by Crippen LogP contribution is 1.90. The van der Waals surface area contributed by atoms with E-state index < -0.39 is 0 Å². The number of hydrogen-bond acceptors (Lipinski definition) is 4. The Kier molecular flexibility index (Phi) is 4.92. The lowest BCUT2D eigenvalue weighted by molar-refractivity contribution is 0.801. The number of rotatable bonds is 4. The van der Waals surface area contributed by atoms with Crippen molar-refractivity contribution in [2.45, 2.75) is 12.5 Å². The maximum atomic E-state index is 5.51. The summed E-state index contributed by atoms with van der Waals surface area (Å²) in [6.07, 6.45) is 2.43. The van der Waals surface area contributed by atoms with Crippen LogP contribution in [-0.4, -0.2) is 19.1 Å². The Morgan fingerprint density at radius 2 is 2.00 bits per heavy atom. The molecule has 0 aliphatic rings. The second-order valence-corrected chi connectivity index (χ2v) is 2.18. The maximum absolute atomic E-state index is 5.51. The summed E-state index contributed by atoms with van der Waals surface area (Å²) < 4.78 is 0. The summed E-state index contributed by atoms with van der Waals surface area (Å²) in [4.78, 5) is 0. The third kappa shape index (κ3) is 4.31. The fourth-order valence-corrected chi connectivity index (χ4v) is 0.593. The van der Waals surface area contributed by atoms with Crippen LogP contribution in [0.25, 0.3) is 0 Å². The van der Waals surface area contributed by atoms with Gasteiger partial charge in [0.15, 0.2) is 0 Å². The third-order valence-electron chi connectivity index (χ3n) is 1.13. The summed E-state index contributed by atoms with van der Waals surface area (Å²) in [6, 6.07) is -0.133. The van der Waals surface area contributed by atoms with E-state index in [0.29, 0.717) is 19.5 Å². The Hall–Kier alpha value is -0.580. The van der Waals surface area contributed by atoms with Gasteiger partial charge in [0.1, 0.15) is 0 Å². The van der Waals surface area contributed by atoms with Gasteiger partial charge in [-0.1, -0.05) is 0 Å². The van der Waals surface area contributed by atoms with Gasteiger partial charge in [-0.15, -0.1) is 0 Å². The molecule has 0 aliphatic heterocycles. The molecule has 4 heteroatoms. The number of nitrogens with two attached hydrogens (primary N) is 4. The van der Waals surface area contributed by atoms with Crippen molar-refractivity contribution in [1.82, 2.24) is 0 Å². The summed E-state index contributed by atoms with van der Waals surface area (Å²) in [5.41, 5.74) is 22.2. The summed E-state index contributed by atoms with van der Waals surface area (Å²) >= 11 is 0. The van der Waals surface area contributed by atoms with Gasteiger partial charge in [0, 0.05) is 18.3 Å². The van der Waals surface area contributed by atoms with E-state index in [-0.39, 0.29) is 6.04 Å². The van der Waals surface area contributed by atoms with Crippen LogP contribution in [0.2, 0.25) is 0 Å². The van der Waals surface area contributed by atoms with Crippen LogP contribution in [-0.2, 0) is 0 Å². The summed E-state index contributed by atoms with van der Waals surface area (Å²) in [5.74, 6) is 0. The molecule has 0 heterocycles. The maximum Gasteiger partial charge on any atom is 0.0368 e. The van der Waals surface area contributed by atoms with E-state index in [1.54, 1.807) is 6.08 Å². The molecule has 0 spiro atoms. The zero-order valence-corrected chi connectivity index (χ0v) is 6.09. The van der Waals surface area contributed by atoms with Crippen LogP contribution in [0.3, 0.4) is 0 Å². The van der Waals surface area contributed by atoms with Gasteiger partial charge in [-0.2, -0.15) is 0 Å². The van der Waals surface area contributed by atoms with Crippen LogP contribution >= 0.6 is 0 Å². The second-order valence-electron chi connectivity index (χ2n) is 2.18. The van der Waals surface area contributed by atoms with Crippen LogP contribution in [0.4, 0.5) is 0 Å². The van der Waals surface area contributed by atoms with E-state index in [1.807, 2.05) is 0 Å². The summed E-state index contributed by atoms with van der Waals surface area (Å²) in [7, 11) is 0. The van der Waals surface area contributed by atoms with Crippen molar-refractivity contribution in [3.05, 3.63) is 11.8 Å². The SMILES string of the molecule is NCCC(N)=CC(N)CN. The molecule has 10 heavy (non-hydrogen) atoms. The van der Waals surface area contributed by atoms with Crippen LogP contribution in [0, 0.1) is 0 Å². The van der Waals surface area contributed by atoms with Crippen molar-refractivity contribution in [2.75, 3.05) is 13.1 Å². The molecular formula is C6H16N4. The highest BCUT2D eigenvalue weighted by Gasteiger charge is 1.94. The number of hydrogen-bond donors (Lipinski definition) is 4. The molecule has 1 unspecified atom stereocenters. The van der Waals surface area contributed by atoms with Crippen LogP contribution in [0.1, 0.15) is 6.42 Å². The van der Waals surface area contributed by atoms with Gasteiger partial charge >= 0.3 is 0 Å². The fourth-order valence-electron chi connectivity index (χ4n) is 0.593. The molecule has 0 fully saturated rings. The van der Waals surface area contributed by atoms with Gasteiger partial charge in [0.25, 0.3) is 0 Å². The first-order valence-corrected chi connectivity index (χ1v) is 3.32. The van der Waals surface area contributed by atoms with Gasteiger partial charge in [0.05, 0.1) is 0 Å². The topological polar surface area (TPSA) is 104 Å². The first kappa shape index (κ1) is 9.42. The van der Waals surface area contributed by atoms with Crippen molar-refractivity contribution < 1.29 is 0 Å². The van der Waals surface area contributed by atoms with Gasteiger partial charge < -0.3 is 22.9 Å². The lowest BCUT2D eigenvalue weighted by atomic mass is 10.2. The predicted octanol–water partition coefficient (Wildman–Crippen LogP) is -1.54. The summed E-state index contributed by atoms with van der Waals surface area (Å²) in [6.45, 7) is 0.977. The smallest absolute Gasteiger partial charge is 0.0368 e. The molecule has 0 bridgehead atoms. The molecule has 0 aliphatic carbocycles. The normalized spacial score (nSPS) is 15.3. The average molecular weight is 144 g/mol. The Bertz CT molecular complexity index is 110. The molecule has 0 saturated carbocycles. The fraction of sp³-hybridized carbons (Fsp3) is 0.667. The molecule has 4 nitrogen and oxygen atoms in total. The van der Waals surface area contributed by atoms with Gasteiger partial charge in [-0.05, 0) is 19.0 Å². The van der Waals surface area contributed by atoms with Crippen LogP contribution in [0.15, 0.2) is 11.8 Å². The Balaban J connectivity index is 3.65. The van der Waals surface area contributed by atoms with E-state index in [9.17, 15) is 0 Å². The summed E-state index contributed by atoms with van der Waals surface area (Å²) in [5, 5.41) is 0. The first-order chi connectivity index (χ1) is 4.70. The molecule has 0 amide bonds. The lowest BCUT2D eigenvalue weighted by Crippen LogP contribution is -2.28. The van der Waals surface area contributed by atoms with E-state index in [2.05, 4.69) is 0 Å². The molecule has 8 N–H and O–H groups in total. The molecular weight excluding hydrogens is 128 g/mol. The molecule has 0 radical (unpaired) electrons. The molecule has 1 atom stereocenters. The molecule has 0 aromatic carbocycles. The highest BCUT2D eigenvalue weighted by atomic mass is 14.7.